The zero-order chi connectivity index (χ0) is 13.1. The molecule has 1 heterocycles. The van der Waals surface area contributed by atoms with Gasteiger partial charge >= 0.3 is 0 Å². The van der Waals surface area contributed by atoms with Crippen LogP contribution in [0.15, 0.2) is 18.2 Å². The molecule has 18 heavy (non-hydrogen) atoms. The number of piperidine rings is 1. The molecule has 0 saturated carbocycles. The molecule has 98 valence electrons. The molecule has 1 saturated heterocycles. The molecule has 1 aromatic carbocycles. The van der Waals surface area contributed by atoms with Crippen molar-refractivity contribution in [3.8, 4) is 0 Å². The van der Waals surface area contributed by atoms with Crippen LogP contribution >= 0.6 is 0 Å². The first kappa shape index (κ1) is 13.0. The summed E-state index contributed by atoms with van der Waals surface area (Å²) in [6, 6.07) is 2.84. The van der Waals surface area contributed by atoms with Crippen LogP contribution in [-0.2, 0) is 0 Å². The fourth-order valence-electron chi connectivity index (χ4n) is 2.10. The van der Waals surface area contributed by atoms with Crippen molar-refractivity contribution in [2.45, 2.75) is 19.4 Å². The molecule has 1 aliphatic heterocycles. The lowest BCUT2D eigenvalue weighted by Gasteiger charge is -2.30. The number of halogens is 2. The first-order valence-electron chi connectivity index (χ1n) is 6.04. The molecule has 0 unspecified atom stereocenters. The van der Waals surface area contributed by atoms with E-state index in [4.69, 9.17) is 0 Å². The van der Waals surface area contributed by atoms with E-state index >= 15 is 0 Å². The number of nitrogens with one attached hydrogen (secondary N) is 2. The first-order valence-corrected chi connectivity index (χ1v) is 6.04. The Morgan fingerprint density at radius 1 is 1.44 bits per heavy atom. The van der Waals surface area contributed by atoms with Gasteiger partial charge in [-0.1, -0.05) is 6.92 Å². The van der Waals surface area contributed by atoms with E-state index in [2.05, 4.69) is 10.6 Å². The summed E-state index contributed by atoms with van der Waals surface area (Å²) in [5.41, 5.74) is -0.243. The zero-order valence-corrected chi connectivity index (χ0v) is 10.2. The molecule has 1 aliphatic rings. The van der Waals surface area contributed by atoms with Gasteiger partial charge in [0.15, 0.2) is 0 Å². The normalized spacial score (nSPS) is 23.7. The minimum atomic E-state index is -0.703. The van der Waals surface area contributed by atoms with Gasteiger partial charge in [0, 0.05) is 12.6 Å². The third-order valence-corrected chi connectivity index (χ3v) is 3.32. The molecule has 0 aliphatic carbocycles. The summed E-state index contributed by atoms with van der Waals surface area (Å²) in [5, 5.41) is 5.91. The van der Waals surface area contributed by atoms with Crippen molar-refractivity contribution in [3.05, 3.63) is 35.4 Å². The minimum absolute atomic E-state index is 0.0473. The quantitative estimate of drug-likeness (QED) is 0.843. The molecule has 1 amide bonds. The van der Waals surface area contributed by atoms with Gasteiger partial charge in [0.05, 0.1) is 5.56 Å². The molecule has 2 rings (SSSR count). The topological polar surface area (TPSA) is 41.1 Å². The van der Waals surface area contributed by atoms with Crippen LogP contribution in [0.1, 0.15) is 23.7 Å². The maximum absolute atomic E-state index is 13.4. The molecule has 0 radical (unpaired) electrons. The largest absolute Gasteiger partial charge is 0.348 e. The second-order valence-corrected chi connectivity index (χ2v) is 4.67. The van der Waals surface area contributed by atoms with Crippen LogP contribution in [0.3, 0.4) is 0 Å². The molecule has 2 atom stereocenters. The van der Waals surface area contributed by atoms with E-state index in [-0.39, 0.29) is 11.6 Å². The number of hydrogen-bond donors (Lipinski definition) is 2. The van der Waals surface area contributed by atoms with E-state index in [0.29, 0.717) is 12.5 Å². The Balaban J connectivity index is 2.09. The highest BCUT2D eigenvalue weighted by molar-refractivity contribution is 5.94. The van der Waals surface area contributed by atoms with Gasteiger partial charge in [0.2, 0.25) is 0 Å². The molecule has 0 spiro atoms. The van der Waals surface area contributed by atoms with Crippen LogP contribution in [0.25, 0.3) is 0 Å². The molecular formula is C13H16F2N2O. The summed E-state index contributed by atoms with van der Waals surface area (Å²) >= 11 is 0. The third kappa shape index (κ3) is 2.85. The second kappa shape index (κ2) is 5.44. The molecule has 3 nitrogen and oxygen atoms in total. The monoisotopic (exact) mass is 254 g/mol. The lowest BCUT2D eigenvalue weighted by Crippen LogP contribution is -2.50. The predicted octanol–water partition coefficient (Wildman–Crippen LogP) is 1.69. The van der Waals surface area contributed by atoms with Crippen LogP contribution in [-0.4, -0.2) is 25.0 Å². The number of benzene rings is 1. The Kier molecular flexibility index (Phi) is 3.91. The number of rotatable bonds is 2. The molecule has 1 fully saturated rings. The molecular weight excluding hydrogens is 238 g/mol. The summed E-state index contributed by atoms with van der Waals surface area (Å²) in [6.07, 6.45) is 0.955. The predicted molar refractivity (Wildman–Crippen MR) is 64.3 cm³/mol. The average molecular weight is 254 g/mol. The summed E-state index contributed by atoms with van der Waals surface area (Å²) in [4.78, 5) is 11.9. The highest BCUT2D eigenvalue weighted by Gasteiger charge is 2.24. The number of carbonyl (C=O) groups excluding carboxylic acids is 1. The smallest absolute Gasteiger partial charge is 0.254 e. The zero-order valence-electron chi connectivity index (χ0n) is 10.2. The maximum Gasteiger partial charge on any atom is 0.254 e. The third-order valence-electron chi connectivity index (χ3n) is 3.32. The molecule has 2 N–H and O–H groups in total. The molecule has 0 aromatic heterocycles. The van der Waals surface area contributed by atoms with Gasteiger partial charge in [-0.05, 0) is 37.1 Å². The summed E-state index contributed by atoms with van der Waals surface area (Å²) in [6.45, 7) is 3.61. The van der Waals surface area contributed by atoms with E-state index in [1.807, 2.05) is 6.92 Å². The van der Waals surface area contributed by atoms with Crippen molar-refractivity contribution in [3.63, 3.8) is 0 Å². The Morgan fingerprint density at radius 2 is 2.22 bits per heavy atom. The van der Waals surface area contributed by atoms with Crippen molar-refractivity contribution in [2.75, 3.05) is 13.1 Å². The van der Waals surface area contributed by atoms with Crippen LogP contribution in [0, 0.1) is 17.6 Å². The number of hydrogen-bond acceptors (Lipinski definition) is 2. The lowest BCUT2D eigenvalue weighted by atomic mass is 9.94. The van der Waals surface area contributed by atoms with Gasteiger partial charge in [0.1, 0.15) is 11.6 Å². The highest BCUT2D eigenvalue weighted by atomic mass is 19.1. The van der Waals surface area contributed by atoms with Crippen LogP contribution in [0.5, 0.6) is 0 Å². The molecule has 0 bridgehead atoms. The van der Waals surface area contributed by atoms with Crippen LogP contribution in [0.4, 0.5) is 8.78 Å². The second-order valence-electron chi connectivity index (χ2n) is 4.67. The fraction of sp³-hybridized carbons (Fsp3) is 0.462. The van der Waals surface area contributed by atoms with Crippen molar-refractivity contribution in [2.24, 2.45) is 5.92 Å². The Labute approximate surface area is 105 Å². The van der Waals surface area contributed by atoms with E-state index in [0.717, 1.165) is 31.2 Å². The van der Waals surface area contributed by atoms with Gasteiger partial charge in [-0.25, -0.2) is 8.78 Å². The van der Waals surface area contributed by atoms with Crippen molar-refractivity contribution >= 4 is 5.91 Å². The van der Waals surface area contributed by atoms with E-state index < -0.39 is 17.5 Å². The van der Waals surface area contributed by atoms with Crippen molar-refractivity contribution in [1.29, 1.82) is 0 Å². The summed E-state index contributed by atoms with van der Waals surface area (Å²) in [7, 11) is 0. The van der Waals surface area contributed by atoms with E-state index in [9.17, 15) is 13.6 Å². The van der Waals surface area contributed by atoms with Gasteiger partial charge < -0.3 is 10.6 Å². The molecule has 1 aromatic rings. The SMILES string of the molecule is C[C@@H]1CCNC[C@H]1NC(=O)c1cc(F)ccc1F. The Morgan fingerprint density at radius 3 is 2.94 bits per heavy atom. The van der Waals surface area contributed by atoms with Crippen molar-refractivity contribution in [1.82, 2.24) is 10.6 Å². The van der Waals surface area contributed by atoms with Gasteiger partial charge in [-0.15, -0.1) is 0 Å². The number of amides is 1. The average Bonchev–Trinajstić information content (AvgIpc) is 2.35. The minimum Gasteiger partial charge on any atom is -0.348 e. The maximum atomic E-state index is 13.4. The lowest BCUT2D eigenvalue weighted by molar-refractivity contribution is 0.0910. The number of carbonyl (C=O) groups is 1. The van der Waals surface area contributed by atoms with Crippen LogP contribution in [0.2, 0.25) is 0 Å². The van der Waals surface area contributed by atoms with Gasteiger partial charge in [-0.2, -0.15) is 0 Å². The van der Waals surface area contributed by atoms with E-state index in [1.165, 1.54) is 0 Å². The summed E-state index contributed by atoms with van der Waals surface area (Å²) < 4.78 is 26.4. The van der Waals surface area contributed by atoms with Crippen LogP contribution < -0.4 is 10.6 Å². The van der Waals surface area contributed by atoms with Gasteiger partial charge in [-0.3, -0.25) is 4.79 Å². The highest BCUT2D eigenvalue weighted by Crippen LogP contribution is 2.14. The Hall–Kier alpha value is -1.49. The first-order chi connectivity index (χ1) is 8.58. The van der Waals surface area contributed by atoms with E-state index in [1.54, 1.807) is 0 Å². The van der Waals surface area contributed by atoms with Gasteiger partial charge in [0.25, 0.3) is 5.91 Å². The fourth-order valence-corrected chi connectivity index (χ4v) is 2.10. The molecule has 5 heteroatoms. The Bertz CT molecular complexity index is 451. The van der Waals surface area contributed by atoms with Crippen molar-refractivity contribution < 1.29 is 13.6 Å². The summed E-state index contributed by atoms with van der Waals surface area (Å²) in [5.74, 6) is -1.55. The standard InChI is InChI=1S/C13H16F2N2O/c1-8-4-5-16-7-12(8)17-13(18)10-6-9(14)2-3-11(10)15/h2-3,6,8,12,16H,4-5,7H2,1H3,(H,17,18)/t8-,12-/m1/s1.